The molecule has 1 aromatic carbocycles. The molecule has 1 aromatic rings. The van der Waals surface area contributed by atoms with E-state index in [-0.39, 0.29) is 5.92 Å². The Morgan fingerprint density at radius 3 is 2.38 bits per heavy atom. The Hall–Kier alpha value is -0.890. The number of hydrogen-bond acceptors (Lipinski definition) is 1. The van der Waals surface area contributed by atoms with Gasteiger partial charge in [0.1, 0.15) is 6.17 Å². The van der Waals surface area contributed by atoms with Crippen LogP contribution in [0.15, 0.2) is 24.3 Å². The minimum Gasteiger partial charge on any atom is -0.330 e. The average Bonchev–Trinajstić information content (AvgIpc) is 2.22. The summed E-state index contributed by atoms with van der Waals surface area (Å²) in [7, 11) is 0. The highest BCUT2D eigenvalue weighted by Gasteiger charge is 2.23. The Kier molecular flexibility index (Phi) is 4.94. The molecule has 1 rings (SSSR count). The number of halogens is 1. The van der Waals surface area contributed by atoms with Crippen LogP contribution >= 0.6 is 0 Å². The number of aryl methyl sites for hydroxylation is 1. The molecular formula is C14H22FN. The van der Waals surface area contributed by atoms with Crippen LogP contribution in [0.25, 0.3) is 0 Å². The van der Waals surface area contributed by atoms with Crippen LogP contribution < -0.4 is 5.73 Å². The molecule has 16 heavy (non-hydrogen) atoms. The lowest BCUT2D eigenvalue weighted by atomic mass is 9.87. The second-order valence-corrected chi connectivity index (χ2v) is 4.79. The maximum absolute atomic E-state index is 14.1. The van der Waals surface area contributed by atoms with Gasteiger partial charge in [-0.2, -0.15) is 0 Å². The lowest BCUT2D eigenvalue weighted by molar-refractivity contribution is 0.185. The highest BCUT2D eigenvalue weighted by molar-refractivity contribution is 5.26. The fourth-order valence-electron chi connectivity index (χ4n) is 2.04. The minimum atomic E-state index is -0.842. The summed E-state index contributed by atoms with van der Waals surface area (Å²) in [5, 5.41) is 0. The van der Waals surface area contributed by atoms with Gasteiger partial charge in [0.05, 0.1) is 0 Å². The van der Waals surface area contributed by atoms with E-state index < -0.39 is 6.17 Å². The molecule has 2 atom stereocenters. The first-order valence-corrected chi connectivity index (χ1v) is 5.95. The van der Waals surface area contributed by atoms with Crippen molar-refractivity contribution in [2.75, 3.05) is 6.54 Å². The molecule has 0 aromatic heterocycles. The third-order valence-electron chi connectivity index (χ3n) is 3.27. The first kappa shape index (κ1) is 13.2. The summed E-state index contributed by atoms with van der Waals surface area (Å²) in [6.45, 7) is 6.50. The van der Waals surface area contributed by atoms with Crippen molar-refractivity contribution in [2.45, 2.75) is 33.4 Å². The van der Waals surface area contributed by atoms with Crippen LogP contribution in [0.1, 0.15) is 25.0 Å². The van der Waals surface area contributed by atoms with Crippen molar-refractivity contribution < 1.29 is 4.39 Å². The van der Waals surface area contributed by atoms with E-state index in [2.05, 4.69) is 0 Å². The van der Waals surface area contributed by atoms with E-state index in [9.17, 15) is 4.39 Å². The second-order valence-electron chi connectivity index (χ2n) is 4.79. The minimum absolute atomic E-state index is 0.0420. The zero-order valence-corrected chi connectivity index (χ0v) is 10.4. The van der Waals surface area contributed by atoms with Gasteiger partial charge in [0, 0.05) is 12.3 Å². The number of alkyl halides is 1. The van der Waals surface area contributed by atoms with Gasteiger partial charge in [-0.15, -0.1) is 0 Å². The van der Waals surface area contributed by atoms with Gasteiger partial charge in [0.15, 0.2) is 0 Å². The van der Waals surface area contributed by atoms with E-state index in [1.165, 1.54) is 0 Å². The molecule has 0 fully saturated rings. The predicted molar refractivity (Wildman–Crippen MR) is 67.2 cm³/mol. The van der Waals surface area contributed by atoms with Crippen LogP contribution in [0.5, 0.6) is 0 Å². The molecule has 2 heteroatoms. The van der Waals surface area contributed by atoms with Gasteiger partial charge in [0.2, 0.25) is 0 Å². The van der Waals surface area contributed by atoms with Crippen LogP contribution in [0, 0.1) is 18.8 Å². The molecule has 0 aliphatic heterocycles. The van der Waals surface area contributed by atoms with Crippen molar-refractivity contribution in [1.29, 1.82) is 0 Å². The van der Waals surface area contributed by atoms with E-state index in [4.69, 9.17) is 5.73 Å². The van der Waals surface area contributed by atoms with Gasteiger partial charge >= 0.3 is 0 Å². The molecule has 2 unspecified atom stereocenters. The van der Waals surface area contributed by atoms with Gasteiger partial charge in [0.25, 0.3) is 0 Å². The molecule has 2 N–H and O–H groups in total. The summed E-state index contributed by atoms with van der Waals surface area (Å²) >= 11 is 0. The standard InChI is InChI=1S/C14H22FN/c1-10(2)13(9-16)14(15)8-12-7-5-4-6-11(12)3/h4-7,10,13-14H,8-9,16H2,1-3H3. The summed E-state index contributed by atoms with van der Waals surface area (Å²) in [5.41, 5.74) is 7.88. The molecule has 0 bridgehead atoms. The number of hydrogen-bond donors (Lipinski definition) is 1. The summed E-state index contributed by atoms with van der Waals surface area (Å²) in [6.07, 6.45) is -0.363. The average molecular weight is 223 g/mol. The summed E-state index contributed by atoms with van der Waals surface area (Å²) in [4.78, 5) is 0. The summed E-state index contributed by atoms with van der Waals surface area (Å²) in [6, 6.07) is 7.96. The van der Waals surface area contributed by atoms with E-state index in [1.807, 2.05) is 45.0 Å². The lowest BCUT2D eigenvalue weighted by Gasteiger charge is -2.23. The van der Waals surface area contributed by atoms with E-state index in [0.29, 0.717) is 18.9 Å². The second kappa shape index (κ2) is 6.00. The predicted octanol–water partition coefficient (Wildman–Crippen LogP) is 3.11. The third kappa shape index (κ3) is 3.31. The number of nitrogens with two attached hydrogens (primary N) is 1. The smallest absolute Gasteiger partial charge is 0.108 e. The Bertz CT molecular complexity index is 322. The first-order valence-electron chi connectivity index (χ1n) is 5.95. The molecule has 0 saturated carbocycles. The van der Waals surface area contributed by atoms with Gasteiger partial charge < -0.3 is 5.73 Å². The Balaban J connectivity index is 2.70. The fraction of sp³-hybridized carbons (Fsp3) is 0.571. The van der Waals surface area contributed by atoms with Crippen LogP contribution in [-0.4, -0.2) is 12.7 Å². The molecule has 0 amide bonds. The van der Waals surface area contributed by atoms with Crippen molar-refractivity contribution in [3.8, 4) is 0 Å². The van der Waals surface area contributed by atoms with Gasteiger partial charge in [-0.1, -0.05) is 38.1 Å². The molecular weight excluding hydrogens is 201 g/mol. The maximum Gasteiger partial charge on any atom is 0.108 e. The van der Waals surface area contributed by atoms with Crippen LogP contribution in [0.4, 0.5) is 4.39 Å². The lowest BCUT2D eigenvalue weighted by Crippen LogP contribution is -2.30. The van der Waals surface area contributed by atoms with E-state index >= 15 is 0 Å². The molecule has 0 saturated heterocycles. The van der Waals surface area contributed by atoms with Gasteiger partial charge in [-0.05, 0) is 30.5 Å². The van der Waals surface area contributed by atoms with E-state index in [1.54, 1.807) is 0 Å². The quantitative estimate of drug-likeness (QED) is 0.815. The molecule has 0 aliphatic carbocycles. The highest BCUT2D eigenvalue weighted by atomic mass is 19.1. The van der Waals surface area contributed by atoms with E-state index in [0.717, 1.165) is 11.1 Å². The highest BCUT2D eigenvalue weighted by Crippen LogP contribution is 2.22. The first-order chi connectivity index (χ1) is 7.56. The van der Waals surface area contributed by atoms with Crippen LogP contribution in [0.3, 0.4) is 0 Å². The number of benzene rings is 1. The molecule has 0 aliphatic rings. The molecule has 0 radical (unpaired) electrons. The van der Waals surface area contributed by atoms with Crippen LogP contribution in [0.2, 0.25) is 0 Å². The van der Waals surface area contributed by atoms with Gasteiger partial charge in [-0.3, -0.25) is 0 Å². The third-order valence-corrected chi connectivity index (χ3v) is 3.27. The van der Waals surface area contributed by atoms with Crippen molar-refractivity contribution >= 4 is 0 Å². The Labute approximate surface area is 97.9 Å². The molecule has 1 nitrogen and oxygen atoms in total. The van der Waals surface area contributed by atoms with Gasteiger partial charge in [-0.25, -0.2) is 4.39 Å². The summed E-state index contributed by atoms with van der Waals surface area (Å²) < 4.78 is 14.1. The van der Waals surface area contributed by atoms with Crippen molar-refractivity contribution in [1.82, 2.24) is 0 Å². The Morgan fingerprint density at radius 1 is 1.25 bits per heavy atom. The van der Waals surface area contributed by atoms with Crippen molar-refractivity contribution in [3.63, 3.8) is 0 Å². The zero-order chi connectivity index (χ0) is 12.1. The molecule has 90 valence electrons. The topological polar surface area (TPSA) is 26.0 Å². The monoisotopic (exact) mass is 223 g/mol. The zero-order valence-electron chi connectivity index (χ0n) is 10.4. The summed E-state index contributed by atoms with van der Waals surface area (Å²) in [5.74, 6) is 0.253. The number of rotatable bonds is 5. The Morgan fingerprint density at radius 2 is 1.88 bits per heavy atom. The largest absolute Gasteiger partial charge is 0.330 e. The molecule has 0 heterocycles. The fourth-order valence-corrected chi connectivity index (χ4v) is 2.04. The maximum atomic E-state index is 14.1. The molecule has 0 spiro atoms. The van der Waals surface area contributed by atoms with Crippen molar-refractivity contribution in [2.24, 2.45) is 17.6 Å². The SMILES string of the molecule is Cc1ccccc1CC(F)C(CN)C(C)C. The van der Waals surface area contributed by atoms with Crippen molar-refractivity contribution in [3.05, 3.63) is 35.4 Å². The normalized spacial score (nSPS) is 15.1. The van der Waals surface area contributed by atoms with Crippen LogP contribution in [-0.2, 0) is 6.42 Å².